The molecule has 4 heteroatoms. The van der Waals surface area contributed by atoms with Gasteiger partial charge in [-0.25, -0.2) is 4.39 Å². The maximum absolute atomic E-state index is 12.8. The van der Waals surface area contributed by atoms with Gasteiger partial charge in [-0.15, -0.1) is 0 Å². The molecule has 1 unspecified atom stereocenters. The summed E-state index contributed by atoms with van der Waals surface area (Å²) in [6.07, 6.45) is 1.40. The molecule has 0 aliphatic rings. The van der Waals surface area contributed by atoms with Gasteiger partial charge in [0, 0.05) is 6.54 Å². The average Bonchev–Trinajstić information content (AvgIpc) is 2.28. The van der Waals surface area contributed by atoms with E-state index < -0.39 is 0 Å². The van der Waals surface area contributed by atoms with Gasteiger partial charge in [0.2, 0.25) is 5.91 Å². The SMILES string of the molecule is CCC(Br)C(=O)NCCc1cccc(F)c1. The van der Waals surface area contributed by atoms with Gasteiger partial charge in [0.1, 0.15) is 5.82 Å². The molecule has 1 N–H and O–H groups in total. The molecule has 0 aromatic heterocycles. The maximum atomic E-state index is 12.8. The van der Waals surface area contributed by atoms with Crippen LogP contribution in [0.3, 0.4) is 0 Å². The summed E-state index contributed by atoms with van der Waals surface area (Å²) in [4.78, 5) is 11.3. The molecule has 1 amide bonds. The Hall–Kier alpha value is -0.900. The fraction of sp³-hybridized carbons (Fsp3) is 0.417. The van der Waals surface area contributed by atoms with Crippen molar-refractivity contribution in [3.63, 3.8) is 0 Å². The lowest BCUT2D eigenvalue weighted by atomic mass is 10.1. The number of benzene rings is 1. The molecule has 0 aliphatic carbocycles. The molecule has 0 fully saturated rings. The summed E-state index contributed by atoms with van der Waals surface area (Å²) in [5.74, 6) is -0.255. The van der Waals surface area contributed by atoms with Crippen LogP contribution in [0, 0.1) is 5.82 Å². The first kappa shape index (κ1) is 13.2. The molecule has 1 aromatic rings. The molecule has 0 saturated carbocycles. The van der Waals surface area contributed by atoms with E-state index in [0.29, 0.717) is 13.0 Å². The summed E-state index contributed by atoms with van der Waals surface area (Å²) in [6.45, 7) is 2.47. The van der Waals surface area contributed by atoms with E-state index in [1.54, 1.807) is 6.07 Å². The lowest BCUT2D eigenvalue weighted by Crippen LogP contribution is -2.32. The van der Waals surface area contributed by atoms with Crippen LogP contribution in [-0.4, -0.2) is 17.3 Å². The molecule has 88 valence electrons. The third-order valence-electron chi connectivity index (χ3n) is 2.24. The molecule has 0 bridgehead atoms. The molecule has 2 nitrogen and oxygen atoms in total. The molecule has 16 heavy (non-hydrogen) atoms. The van der Waals surface area contributed by atoms with E-state index in [0.717, 1.165) is 12.0 Å². The van der Waals surface area contributed by atoms with Gasteiger partial charge in [-0.2, -0.15) is 0 Å². The Morgan fingerprint density at radius 3 is 2.94 bits per heavy atom. The van der Waals surface area contributed by atoms with Crippen LogP contribution < -0.4 is 5.32 Å². The van der Waals surface area contributed by atoms with Crippen molar-refractivity contribution in [3.05, 3.63) is 35.6 Å². The molecular weight excluding hydrogens is 273 g/mol. The van der Waals surface area contributed by atoms with Crippen molar-refractivity contribution in [1.82, 2.24) is 5.32 Å². The molecule has 0 saturated heterocycles. The fourth-order valence-electron chi connectivity index (χ4n) is 1.32. The number of nitrogens with one attached hydrogen (secondary N) is 1. The van der Waals surface area contributed by atoms with Gasteiger partial charge >= 0.3 is 0 Å². The van der Waals surface area contributed by atoms with Gasteiger partial charge in [-0.1, -0.05) is 35.0 Å². The standard InChI is InChI=1S/C12H15BrFNO/c1-2-11(13)12(16)15-7-6-9-4-3-5-10(14)8-9/h3-5,8,11H,2,6-7H2,1H3,(H,15,16). The molecular formula is C12H15BrFNO. The summed E-state index contributed by atoms with van der Waals surface area (Å²) in [6, 6.07) is 6.41. The van der Waals surface area contributed by atoms with E-state index in [-0.39, 0.29) is 16.6 Å². The Morgan fingerprint density at radius 2 is 2.31 bits per heavy atom. The number of rotatable bonds is 5. The van der Waals surface area contributed by atoms with E-state index in [1.165, 1.54) is 12.1 Å². The highest BCUT2D eigenvalue weighted by Gasteiger charge is 2.10. The zero-order chi connectivity index (χ0) is 12.0. The van der Waals surface area contributed by atoms with Crippen molar-refractivity contribution in [2.45, 2.75) is 24.6 Å². The minimum absolute atomic E-state index is 0.0149. The highest BCUT2D eigenvalue weighted by molar-refractivity contribution is 9.10. The second-order valence-electron chi connectivity index (χ2n) is 3.55. The van der Waals surface area contributed by atoms with E-state index in [9.17, 15) is 9.18 Å². The summed E-state index contributed by atoms with van der Waals surface area (Å²) in [5, 5.41) is 2.79. The monoisotopic (exact) mass is 287 g/mol. The van der Waals surface area contributed by atoms with Gasteiger partial charge < -0.3 is 5.32 Å². The zero-order valence-corrected chi connectivity index (χ0v) is 10.8. The van der Waals surface area contributed by atoms with Crippen molar-refractivity contribution in [2.24, 2.45) is 0 Å². The number of carbonyl (C=O) groups is 1. The second-order valence-corrected chi connectivity index (χ2v) is 4.65. The minimum Gasteiger partial charge on any atom is -0.355 e. The summed E-state index contributed by atoms with van der Waals surface area (Å²) >= 11 is 3.27. The zero-order valence-electron chi connectivity index (χ0n) is 9.17. The largest absolute Gasteiger partial charge is 0.355 e. The highest BCUT2D eigenvalue weighted by Crippen LogP contribution is 2.05. The quantitative estimate of drug-likeness (QED) is 0.829. The second kappa shape index (κ2) is 6.63. The van der Waals surface area contributed by atoms with Gasteiger partial charge in [-0.05, 0) is 30.5 Å². The number of halogens is 2. The average molecular weight is 288 g/mol. The van der Waals surface area contributed by atoms with E-state index in [4.69, 9.17) is 0 Å². The van der Waals surface area contributed by atoms with Crippen molar-refractivity contribution in [1.29, 1.82) is 0 Å². The number of alkyl halides is 1. The van der Waals surface area contributed by atoms with Gasteiger partial charge in [0.05, 0.1) is 4.83 Å². The Labute approximate surface area is 103 Å². The summed E-state index contributed by atoms with van der Waals surface area (Å²) in [7, 11) is 0. The lowest BCUT2D eigenvalue weighted by molar-refractivity contribution is -0.120. The van der Waals surface area contributed by atoms with Crippen LogP contribution in [-0.2, 0) is 11.2 Å². The van der Waals surface area contributed by atoms with Crippen LogP contribution >= 0.6 is 15.9 Å². The van der Waals surface area contributed by atoms with E-state index in [1.807, 2.05) is 13.0 Å². The molecule has 1 rings (SSSR count). The Bertz CT molecular complexity index is 357. The van der Waals surface area contributed by atoms with Crippen LogP contribution in [0.2, 0.25) is 0 Å². The number of hydrogen-bond acceptors (Lipinski definition) is 1. The van der Waals surface area contributed by atoms with Crippen molar-refractivity contribution < 1.29 is 9.18 Å². The van der Waals surface area contributed by atoms with Gasteiger partial charge in [-0.3, -0.25) is 4.79 Å². The Morgan fingerprint density at radius 1 is 1.56 bits per heavy atom. The molecule has 0 aliphatic heterocycles. The van der Waals surface area contributed by atoms with Crippen molar-refractivity contribution in [3.8, 4) is 0 Å². The Kier molecular flexibility index (Phi) is 5.46. The Balaban J connectivity index is 2.33. The first-order chi connectivity index (χ1) is 7.63. The first-order valence-corrected chi connectivity index (χ1v) is 6.21. The normalized spacial score (nSPS) is 12.2. The topological polar surface area (TPSA) is 29.1 Å². The predicted octanol–water partition coefficient (Wildman–Crippen LogP) is 2.66. The highest BCUT2D eigenvalue weighted by atomic mass is 79.9. The van der Waals surface area contributed by atoms with Gasteiger partial charge in [0.25, 0.3) is 0 Å². The van der Waals surface area contributed by atoms with Crippen LogP contribution in [0.1, 0.15) is 18.9 Å². The predicted molar refractivity (Wildman–Crippen MR) is 66.1 cm³/mol. The molecule has 1 atom stereocenters. The third-order valence-corrected chi connectivity index (χ3v) is 3.31. The summed E-state index contributed by atoms with van der Waals surface area (Å²) in [5.41, 5.74) is 0.892. The molecule has 0 spiro atoms. The minimum atomic E-state index is -0.240. The van der Waals surface area contributed by atoms with Crippen LogP contribution in [0.4, 0.5) is 4.39 Å². The number of hydrogen-bond donors (Lipinski definition) is 1. The third kappa shape index (κ3) is 4.31. The van der Waals surface area contributed by atoms with E-state index in [2.05, 4.69) is 21.2 Å². The van der Waals surface area contributed by atoms with Crippen LogP contribution in [0.15, 0.2) is 24.3 Å². The lowest BCUT2D eigenvalue weighted by Gasteiger charge is -2.08. The van der Waals surface area contributed by atoms with Gasteiger partial charge in [0.15, 0.2) is 0 Å². The van der Waals surface area contributed by atoms with Crippen LogP contribution in [0.25, 0.3) is 0 Å². The maximum Gasteiger partial charge on any atom is 0.233 e. The first-order valence-electron chi connectivity index (χ1n) is 5.29. The fourth-order valence-corrected chi connectivity index (χ4v) is 1.48. The molecule has 1 aromatic carbocycles. The summed E-state index contributed by atoms with van der Waals surface area (Å²) < 4.78 is 12.8. The number of amides is 1. The smallest absolute Gasteiger partial charge is 0.233 e. The molecule has 0 radical (unpaired) electrons. The van der Waals surface area contributed by atoms with Crippen molar-refractivity contribution >= 4 is 21.8 Å². The molecule has 0 heterocycles. The van der Waals surface area contributed by atoms with E-state index >= 15 is 0 Å². The van der Waals surface area contributed by atoms with Crippen LogP contribution in [0.5, 0.6) is 0 Å². The number of carbonyl (C=O) groups excluding carboxylic acids is 1. The van der Waals surface area contributed by atoms with Crippen molar-refractivity contribution in [2.75, 3.05) is 6.54 Å².